The summed E-state index contributed by atoms with van der Waals surface area (Å²) in [5, 5.41) is 2.85. The molecule has 144 valence electrons. The Morgan fingerprint density at radius 3 is 2.18 bits per heavy atom. The summed E-state index contributed by atoms with van der Waals surface area (Å²) in [6.07, 6.45) is 4.54. The van der Waals surface area contributed by atoms with E-state index in [4.69, 9.17) is 0 Å². The lowest BCUT2D eigenvalue weighted by atomic mass is 10.1. The van der Waals surface area contributed by atoms with Gasteiger partial charge in [-0.3, -0.25) is 14.1 Å². The monoisotopic (exact) mass is 395 g/mol. The van der Waals surface area contributed by atoms with Crippen LogP contribution in [0.15, 0.2) is 79.1 Å². The molecule has 28 heavy (non-hydrogen) atoms. The first kappa shape index (κ1) is 19.6. The van der Waals surface area contributed by atoms with Gasteiger partial charge in [0.2, 0.25) is 10.0 Å². The highest BCUT2D eigenvalue weighted by Gasteiger charge is 2.17. The Hall–Kier alpha value is -3.19. The van der Waals surface area contributed by atoms with Crippen molar-refractivity contribution >= 4 is 21.6 Å². The SMILES string of the molecule is CS(=O)(=O)N(Cc1ccc(C(=O)NCc2ccncc2)cc1)c1ccccc1. The number of benzene rings is 2. The first-order valence-electron chi connectivity index (χ1n) is 8.72. The molecule has 0 fully saturated rings. The molecule has 6 nitrogen and oxygen atoms in total. The Labute approximate surface area is 164 Å². The number of pyridine rings is 1. The molecule has 0 saturated heterocycles. The van der Waals surface area contributed by atoms with E-state index in [0.29, 0.717) is 17.8 Å². The van der Waals surface area contributed by atoms with Gasteiger partial charge in [0, 0.05) is 24.5 Å². The van der Waals surface area contributed by atoms with E-state index in [2.05, 4.69) is 10.3 Å². The zero-order valence-corrected chi connectivity index (χ0v) is 16.3. The minimum Gasteiger partial charge on any atom is -0.348 e. The largest absolute Gasteiger partial charge is 0.348 e. The highest BCUT2D eigenvalue weighted by Crippen LogP contribution is 2.20. The average Bonchev–Trinajstić information content (AvgIpc) is 2.71. The van der Waals surface area contributed by atoms with Crippen molar-refractivity contribution in [3.05, 3.63) is 95.8 Å². The number of amides is 1. The third-order valence-corrected chi connectivity index (χ3v) is 5.33. The van der Waals surface area contributed by atoms with Crippen molar-refractivity contribution in [1.82, 2.24) is 10.3 Å². The molecule has 0 aliphatic heterocycles. The molecular weight excluding hydrogens is 374 g/mol. The van der Waals surface area contributed by atoms with Crippen LogP contribution in [0.25, 0.3) is 0 Å². The van der Waals surface area contributed by atoms with E-state index in [-0.39, 0.29) is 12.5 Å². The fourth-order valence-corrected chi connectivity index (χ4v) is 3.59. The molecule has 0 saturated carbocycles. The van der Waals surface area contributed by atoms with Gasteiger partial charge in [0.15, 0.2) is 0 Å². The molecule has 3 aromatic rings. The van der Waals surface area contributed by atoms with Gasteiger partial charge in [-0.15, -0.1) is 0 Å². The van der Waals surface area contributed by atoms with E-state index in [1.54, 1.807) is 60.9 Å². The maximum Gasteiger partial charge on any atom is 0.251 e. The number of para-hydroxylation sites is 1. The Kier molecular flexibility index (Phi) is 6.06. The van der Waals surface area contributed by atoms with Crippen LogP contribution in [-0.4, -0.2) is 25.6 Å². The number of hydrogen-bond acceptors (Lipinski definition) is 4. The van der Waals surface area contributed by atoms with Crippen molar-refractivity contribution in [2.75, 3.05) is 10.6 Å². The summed E-state index contributed by atoms with van der Waals surface area (Å²) in [4.78, 5) is 16.2. The van der Waals surface area contributed by atoms with Crippen molar-refractivity contribution in [3.8, 4) is 0 Å². The predicted molar refractivity (Wildman–Crippen MR) is 109 cm³/mol. The van der Waals surface area contributed by atoms with Crippen LogP contribution >= 0.6 is 0 Å². The smallest absolute Gasteiger partial charge is 0.251 e. The van der Waals surface area contributed by atoms with Gasteiger partial charge in [0.25, 0.3) is 5.91 Å². The fourth-order valence-electron chi connectivity index (χ4n) is 2.71. The summed E-state index contributed by atoms with van der Waals surface area (Å²) in [6.45, 7) is 0.612. The number of nitrogens with zero attached hydrogens (tertiary/aromatic N) is 2. The highest BCUT2D eigenvalue weighted by atomic mass is 32.2. The standard InChI is InChI=1S/C21H21N3O3S/c1-28(26,27)24(20-5-3-2-4-6-20)16-18-7-9-19(10-8-18)21(25)23-15-17-11-13-22-14-12-17/h2-14H,15-16H2,1H3,(H,23,25). The quantitative estimate of drug-likeness (QED) is 0.667. The van der Waals surface area contributed by atoms with Gasteiger partial charge in [-0.05, 0) is 47.5 Å². The first-order chi connectivity index (χ1) is 13.4. The van der Waals surface area contributed by atoms with Gasteiger partial charge in [0.1, 0.15) is 0 Å². The van der Waals surface area contributed by atoms with Gasteiger partial charge in [-0.2, -0.15) is 0 Å². The van der Waals surface area contributed by atoms with Gasteiger partial charge >= 0.3 is 0 Å². The second kappa shape index (κ2) is 8.67. The lowest BCUT2D eigenvalue weighted by Gasteiger charge is -2.22. The van der Waals surface area contributed by atoms with E-state index < -0.39 is 10.0 Å². The Balaban J connectivity index is 1.68. The van der Waals surface area contributed by atoms with Crippen LogP contribution in [0.2, 0.25) is 0 Å². The molecule has 3 rings (SSSR count). The number of hydrogen-bond donors (Lipinski definition) is 1. The van der Waals surface area contributed by atoms with Gasteiger partial charge in [-0.25, -0.2) is 8.42 Å². The normalized spacial score (nSPS) is 11.0. The molecule has 1 N–H and O–H groups in total. The molecule has 1 aromatic heterocycles. The van der Waals surface area contributed by atoms with Crippen molar-refractivity contribution < 1.29 is 13.2 Å². The third kappa shape index (κ3) is 5.17. The van der Waals surface area contributed by atoms with Crippen LogP contribution in [0.5, 0.6) is 0 Å². The molecule has 0 bridgehead atoms. The van der Waals surface area contributed by atoms with E-state index >= 15 is 0 Å². The predicted octanol–water partition coefficient (Wildman–Crippen LogP) is 2.98. The summed E-state index contributed by atoms with van der Waals surface area (Å²) in [7, 11) is -3.43. The third-order valence-electron chi connectivity index (χ3n) is 4.19. The van der Waals surface area contributed by atoms with Gasteiger partial charge < -0.3 is 5.32 Å². The summed E-state index contributed by atoms with van der Waals surface area (Å²) < 4.78 is 25.7. The molecule has 0 spiro atoms. The maximum atomic E-state index is 12.3. The topological polar surface area (TPSA) is 79.4 Å². The summed E-state index contributed by atoms with van der Waals surface area (Å²) in [5.41, 5.74) is 2.87. The van der Waals surface area contributed by atoms with Gasteiger partial charge in [-0.1, -0.05) is 30.3 Å². The van der Waals surface area contributed by atoms with E-state index in [9.17, 15) is 13.2 Å². The first-order valence-corrected chi connectivity index (χ1v) is 10.6. The fraction of sp³-hybridized carbons (Fsp3) is 0.143. The highest BCUT2D eigenvalue weighted by molar-refractivity contribution is 7.92. The molecule has 0 atom stereocenters. The molecule has 0 aliphatic carbocycles. The van der Waals surface area contributed by atoms with Crippen molar-refractivity contribution in [1.29, 1.82) is 0 Å². The number of rotatable bonds is 7. The number of sulfonamides is 1. The number of carbonyl (C=O) groups is 1. The number of anilines is 1. The Morgan fingerprint density at radius 2 is 1.57 bits per heavy atom. The lowest BCUT2D eigenvalue weighted by Crippen LogP contribution is -2.29. The number of carbonyl (C=O) groups excluding carboxylic acids is 1. The number of nitrogens with one attached hydrogen (secondary N) is 1. The van der Waals surface area contributed by atoms with Crippen molar-refractivity contribution in [3.63, 3.8) is 0 Å². The molecular formula is C21H21N3O3S. The molecule has 0 radical (unpaired) electrons. The Morgan fingerprint density at radius 1 is 0.929 bits per heavy atom. The van der Waals surface area contributed by atoms with Crippen LogP contribution in [0.4, 0.5) is 5.69 Å². The van der Waals surface area contributed by atoms with Crippen LogP contribution < -0.4 is 9.62 Å². The minimum absolute atomic E-state index is 0.189. The number of aromatic nitrogens is 1. The van der Waals surface area contributed by atoms with Gasteiger partial charge in [0.05, 0.1) is 18.5 Å². The van der Waals surface area contributed by atoms with E-state index in [1.807, 2.05) is 18.2 Å². The molecule has 2 aromatic carbocycles. The molecule has 1 amide bonds. The molecule has 7 heteroatoms. The summed E-state index contributed by atoms with van der Waals surface area (Å²) >= 11 is 0. The maximum absolute atomic E-state index is 12.3. The summed E-state index contributed by atoms with van der Waals surface area (Å²) in [6, 6.07) is 19.5. The molecule has 0 unspecified atom stereocenters. The zero-order valence-electron chi connectivity index (χ0n) is 15.4. The van der Waals surface area contributed by atoms with Crippen molar-refractivity contribution in [2.24, 2.45) is 0 Å². The van der Waals surface area contributed by atoms with Crippen LogP contribution in [0.1, 0.15) is 21.5 Å². The van der Waals surface area contributed by atoms with Crippen LogP contribution in [-0.2, 0) is 23.1 Å². The lowest BCUT2D eigenvalue weighted by molar-refractivity contribution is 0.0951. The van der Waals surface area contributed by atoms with E-state index in [1.165, 1.54) is 10.6 Å². The second-order valence-electron chi connectivity index (χ2n) is 6.34. The molecule has 1 heterocycles. The van der Waals surface area contributed by atoms with Crippen LogP contribution in [0.3, 0.4) is 0 Å². The molecule has 0 aliphatic rings. The average molecular weight is 395 g/mol. The van der Waals surface area contributed by atoms with Crippen LogP contribution in [0, 0.1) is 0 Å². The Bertz CT molecular complexity index is 1020. The summed E-state index contributed by atoms with van der Waals surface area (Å²) in [5.74, 6) is -0.189. The zero-order chi connectivity index (χ0) is 20.0. The van der Waals surface area contributed by atoms with E-state index in [0.717, 1.165) is 11.1 Å². The minimum atomic E-state index is -3.43. The second-order valence-corrected chi connectivity index (χ2v) is 8.25. The van der Waals surface area contributed by atoms with Crippen molar-refractivity contribution in [2.45, 2.75) is 13.1 Å².